The minimum Gasteiger partial charge on any atom is -0.493 e. The number of rotatable bonds is 12. The van der Waals surface area contributed by atoms with Crippen molar-refractivity contribution >= 4 is 38.8 Å². The number of unbranched alkanes of at least 4 members (excludes halogenated alkanes) is 1. The van der Waals surface area contributed by atoms with Crippen molar-refractivity contribution in [2.24, 2.45) is 0 Å². The van der Waals surface area contributed by atoms with E-state index in [1.54, 1.807) is 25.6 Å². The molecule has 11 heteroatoms. The average Bonchev–Trinajstić information content (AvgIpc) is 3.44. The second-order valence-electron chi connectivity index (χ2n) is 6.66. The smallest absolute Gasteiger partial charge is 0.226 e. The molecule has 1 amide bonds. The summed E-state index contributed by atoms with van der Waals surface area (Å²) in [5, 5.41) is 25.6. The monoisotopic (exact) mass is 462 g/mol. The van der Waals surface area contributed by atoms with Gasteiger partial charge in [-0.25, -0.2) is 0 Å². The van der Waals surface area contributed by atoms with E-state index >= 15 is 0 Å². The van der Waals surface area contributed by atoms with Gasteiger partial charge in [0, 0.05) is 26.3 Å². The molecule has 3 aromatic rings. The number of nitrogens with one attached hydrogen (secondary N) is 2. The van der Waals surface area contributed by atoms with E-state index in [1.165, 1.54) is 11.3 Å². The number of nitrogens with zero attached hydrogens (tertiary/aromatic N) is 4. The van der Waals surface area contributed by atoms with Crippen molar-refractivity contribution in [1.29, 1.82) is 0 Å². The topological polar surface area (TPSA) is 111 Å². The molecular formula is C20H26N6O3S2. The molecule has 3 rings (SSSR count). The fraction of sp³-hybridized carbons (Fsp3) is 0.450. The molecule has 31 heavy (non-hydrogen) atoms. The molecule has 0 aliphatic rings. The maximum atomic E-state index is 12.3. The molecule has 9 nitrogen and oxygen atoms in total. The molecule has 2 heterocycles. The normalized spacial score (nSPS) is 10.7. The highest BCUT2D eigenvalue weighted by molar-refractivity contribution is 7.15. The lowest BCUT2D eigenvalue weighted by Gasteiger charge is -2.12. The van der Waals surface area contributed by atoms with Gasteiger partial charge in [0.2, 0.25) is 16.2 Å². The number of methoxy groups -OCH3 is 2. The van der Waals surface area contributed by atoms with Gasteiger partial charge in [-0.3, -0.25) is 4.79 Å². The largest absolute Gasteiger partial charge is 0.493 e. The highest BCUT2D eigenvalue weighted by Gasteiger charge is 2.13. The van der Waals surface area contributed by atoms with Gasteiger partial charge in [-0.1, -0.05) is 34.8 Å². The Morgan fingerprint density at radius 1 is 0.935 bits per heavy atom. The lowest BCUT2D eigenvalue weighted by molar-refractivity contribution is -0.116. The van der Waals surface area contributed by atoms with E-state index in [-0.39, 0.29) is 5.91 Å². The minimum absolute atomic E-state index is 0.107. The van der Waals surface area contributed by atoms with Crippen molar-refractivity contribution in [3.63, 3.8) is 0 Å². The van der Waals surface area contributed by atoms with Gasteiger partial charge in [0.15, 0.2) is 11.5 Å². The predicted octanol–water partition coefficient (Wildman–Crippen LogP) is 3.59. The fourth-order valence-corrected chi connectivity index (χ4v) is 4.53. The highest BCUT2D eigenvalue weighted by Crippen LogP contribution is 2.31. The average molecular weight is 463 g/mol. The number of hydrogen-bond donors (Lipinski definition) is 2. The van der Waals surface area contributed by atoms with Crippen molar-refractivity contribution in [3.8, 4) is 11.5 Å². The molecule has 0 fully saturated rings. The summed E-state index contributed by atoms with van der Waals surface area (Å²) in [6.07, 6.45) is 4.56. The van der Waals surface area contributed by atoms with Crippen molar-refractivity contribution in [2.75, 3.05) is 31.9 Å². The van der Waals surface area contributed by atoms with Crippen LogP contribution in [0.15, 0.2) is 18.2 Å². The summed E-state index contributed by atoms with van der Waals surface area (Å²) in [6, 6.07) is 5.65. The van der Waals surface area contributed by atoms with Crippen LogP contribution in [0.2, 0.25) is 0 Å². The maximum Gasteiger partial charge on any atom is 0.226 e. The number of anilines is 2. The Bertz CT molecular complexity index is 991. The van der Waals surface area contributed by atoms with Crippen LogP contribution >= 0.6 is 22.7 Å². The zero-order chi connectivity index (χ0) is 22.1. The van der Waals surface area contributed by atoms with Crippen molar-refractivity contribution in [2.45, 2.75) is 38.5 Å². The number of para-hydroxylation sites is 1. The van der Waals surface area contributed by atoms with Crippen LogP contribution in [-0.4, -0.2) is 47.6 Å². The molecule has 0 spiro atoms. The van der Waals surface area contributed by atoms with E-state index < -0.39 is 0 Å². The summed E-state index contributed by atoms with van der Waals surface area (Å²) in [5.74, 6) is 1.21. The molecule has 0 bridgehead atoms. The fourth-order valence-electron chi connectivity index (χ4n) is 2.99. The van der Waals surface area contributed by atoms with Gasteiger partial charge in [0.05, 0.1) is 14.2 Å². The van der Waals surface area contributed by atoms with Gasteiger partial charge in [-0.2, -0.15) is 0 Å². The molecular weight excluding hydrogens is 436 g/mol. The first-order chi connectivity index (χ1) is 15.1. The predicted molar refractivity (Wildman–Crippen MR) is 123 cm³/mol. The van der Waals surface area contributed by atoms with E-state index in [9.17, 15) is 4.79 Å². The first kappa shape index (κ1) is 22.9. The first-order valence-corrected chi connectivity index (χ1v) is 11.6. The zero-order valence-electron chi connectivity index (χ0n) is 17.8. The molecule has 0 unspecified atom stereocenters. The second kappa shape index (κ2) is 11.6. The molecule has 0 aliphatic carbocycles. The van der Waals surface area contributed by atoms with Gasteiger partial charge >= 0.3 is 0 Å². The van der Waals surface area contributed by atoms with Crippen LogP contribution < -0.4 is 20.1 Å². The third-order valence-corrected chi connectivity index (χ3v) is 6.43. The van der Waals surface area contributed by atoms with Gasteiger partial charge < -0.3 is 20.1 Å². The van der Waals surface area contributed by atoms with Crippen LogP contribution in [0.4, 0.5) is 10.3 Å². The van der Waals surface area contributed by atoms with Crippen LogP contribution in [0.3, 0.4) is 0 Å². The Kier molecular flexibility index (Phi) is 8.53. The van der Waals surface area contributed by atoms with Crippen molar-refractivity contribution in [3.05, 3.63) is 33.8 Å². The van der Waals surface area contributed by atoms with Crippen LogP contribution in [0.25, 0.3) is 0 Å². The van der Waals surface area contributed by atoms with Crippen LogP contribution in [0.5, 0.6) is 11.5 Å². The summed E-state index contributed by atoms with van der Waals surface area (Å²) in [6.45, 7) is 0. The van der Waals surface area contributed by atoms with Gasteiger partial charge in [0.1, 0.15) is 10.0 Å². The molecule has 0 aliphatic heterocycles. The van der Waals surface area contributed by atoms with Crippen LogP contribution in [0, 0.1) is 0 Å². The van der Waals surface area contributed by atoms with Gasteiger partial charge in [-0.15, -0.1) is 20.4 Å². The number of aryl methyl sites for hydroxylation is 3. The lowest BCUT2D eigenvalue weighted by Crippen LogP contribution is -2.12. The summed E-state index contributed by atoms with van der Waals surface area (Å²) >= 11 is 2.99. The second-order valence-corrected chi connectivity index (χ2v) is 8.78. The maximum absolute atomic E-state index is 12.3. The summed E-state index contributed by atoms with van der Waals surface area (Å²) in [4.78, 5) is 12.3. The van der Waals surface area contributed by atoms with Gasteiger partial charge in [-0.05, 0) is 30.9 Å². The number of amides is 1. The third-order valence-electron chi connectivity index (χ3n) is 4.53. The summed E-state index contributed by atoms with van der Waals surface area (Å²) < 4.78 is 10.7. The number of hydrogen-bond acceptors (Lipinski definition) is 10. The highest BCUT2D eigenvalue weighted by atomic mass is 32.1. The number of benzene rings is 1. The Morgan fingerprint density at radius 3 is 2.23 bits per heavy atom. The quantitative estimate of drug-likeness (QED) is 0.393. The Morgan fingerprint density at radius 2 is 1.61 bits per heavy atom. The number of ether oxygens (including phenoxy) is 2. The van der Waals surface area contributed by atoms with E-state index in [1.807, 2.05) is 25.2 Å². The number of carbonyl (C=O) groups excluding carboxylic acids is 1. The Labute approximate surface area is 189 Å². The van der Waals surface area contributed by atoms with Gasteiger partial charge in [0.25, 0.3) is 0 Å². The molecule has 1 aromatic carbocycles. The third kappa shape index (κ3) is 6.59. The summed E-state index contributed by atoms with van der Waals surface area (Å²) in [7, 11) is 5.03. The van der Waals surface area contributed by atoms with Crippen molar-refractivity contribution in [1.82, 2.24) is 20.4 Å². The summed E-state index contributed by atoms with van der Waals surface area (Å²) in [5.41, 5.74) is 0.923. The van der Waals surface area contributed by atoms with Crippen LogP contribution in [-0.2, 0) is 24.1 Å². The first-order valence-electron chi connectivity index (χ1n) is 9.95. The van der Waals surface area contributed by atoms with E-state index in [0.717, 1.165) is 46.4 Å². The molecule has 0 atom stereocenters. The van der Waals surface area contributed by atoms with E-state index in [0.29, 0.717) is 29.5 Å². The Hall–Kier alpha value is -2.79. The lowest BCUT2D eigenvalue weighted by atomic mass is 10.1. The minimum atomic E-state index is -0.107. The van der Waals surface area contributed by atoms with Crippen molar-refractivity contribution < 1.29 is 14.3 Å². The molecule has 0 saturated carbocycles. The molecule has 0 radical (unpaired) electrons. The van der Waals surface area contributed by atoms with Crippen LogP contribution in [0.1, 0.15) is 34.8 Å². The molecule has 2 aromatic heterocycles. The van der Waals surface area contributed by atoms with E-state index in [4.69, 9.17) is 9.47 Å². The van der Waals surface area contributed by atoms with E-state index in [2.05, 4.69) is 31.0 Å². The molecule has 0 saturated heterocycles. The zero-order valence-corrected chi connectivity index (χ0v) is 19.4. The number of carbonyl (C=O) groups is 1. The molecule has 2 N–H and O–H groups in total. The SMILES string of the molecule is CNc1nnc(CCCCc2nnc(NC(=O)CCc3cccc(OC)c3OC)s2)s1. The Balaban J connectivity index is 1.41. The number of aromatic nitrogens is 4. The molecule has 166 valence electrons. The standard InChI is InChI=1S/C20H26N6O3S2/c1-21-19-25-23-16(30-19)9-4-5-10-17-24-26-20(31-17)22-15(27)12-11-13-7-6-8-14(28-2)18(13)29-3/h6-8H,4-5,9-12H2,1-3H3,(H,21,25)(H,22,26,27).